The molecule has 2 unspecified atom stereocenters. The second kappa shape index (κ2) is 7.87. The fourth-order valence-corrected chi connectivity index (χ4v) is 4.40. The van der Waals surface area contributed by atoms with Crippen molar-refractivity contribution < 1.29 is 23.4 Å². The highest BCUT2D eigenvalue weighted by molar-refractivity contribution is 7.91. The number of sulfone groups is 1. The van der Waals surface area contributed by atoms with E-state index in [4.69, 9.17) is 5.11 Å². The van der Waals surface area contributed by atoms with Crippen LogP contribution in [0.2, 0.25) is 0 Å². The van der Waals surface area contributed by atoms with Gasteiger partial charge in [0.1, 0.15) is 0 Å². The molecule has 1 aromatic carbocycles. The van der Waals surface area contributed by atoms with Crippen molar-refractivity contribution in [1.82, 2.24) is 4.90 Å². The lowest BCUT2D eigenvalue weighted by atomic mass is 10.2. The minimum absolute atomic E-state index is 0.0240. The van der Waals surface area contributed by atoms with Gasteiger partial charge in [-0.1, -0.05) is 18.2 Å². The Morgan fingerprint density at radius 1 is 1.35 bits per heavy atom. The molecule has 2 rings (SSSR count). The van der Waals surface area contributed by atoms with Crippen LogP contribution in [-0.2, 0) is 14.6 Å². The molecule has 0 saturated carbocycles. The Morgan fingerprint density at radius 2 is 2.04 bits per heavy atom. The lowest BCUT2D eigenvalue weighted by molar-refractivity contribution is -0.118. The Bertz CT molecular complexity index is 620. The largest absolute Gasteiger partial charge is 0.394 e. The van der Waals surface area contributed by atoms with E-state index in [0.717, 1.165) is 0 Å². The number of benzene rings is 1. The normalized spacial score (nSPS) is 21.3. The van der Waals surface area contributed by atoms with Crippen LogP contribution in [0.15, 0.2) is 30.3 Å². The summed E-state index contributed by atoms with van der Waals surface area (Å²) in [5, 5.41) is 21.4. The smallest absolute Gasteiger partial charge is 0.238 e. The van der Waals surface area contributed by atoms with Crippen molar-refractivity contribution in [3.63, 3.8) is 0 Å². The van der Waals surface area contributed by atoms with Gasteiger partial charge in [-0.2, -0.15) is 0 Å². The number of amides is 1. The molecule has 2 atom stereocenters. The van der Waals surface area contributed by atoms with Crippen LogP contribution in [0.3, 0.4) is 0 Å². The monoisotopic (exact) mass is 342 g/mol. The number of hydrogen-bond donors (Lipinski definition) is 3. The third kappa shape index (κ3) is 5.58. The topological polar surface area (TPSA) is 107 Å². The third-order valence-electron chi connectivity index (χ3n) is 3.79. The van der Waals surface area contributed by atoms with Gasteiger partial charge < -0.3 is 15.5 Å². The molecule has 0 aromatic heterocycles. The Morgan fingerprint density at radius 3 is 2.61 bits per heavy atom. The maximum atomic E-state index is 12.2. The van der Waals surface area contributed by atoms with E-state index in [-0.39, 0.29) is 36.5 Å². The summed E-state index contributed by atoms with van der Waals surface area (Å²) in [5.74, 6) is -0.223. The van der Waals surface area contributed by atoms with Crippen LogP contribution in [0.4, 0.5) is 5.69 Å². The van der Waals surface area contributed by atoms with Crippen molar-refractivity contribution in [3.8, 4) is 0 Å². The standard InChI is InChI=1S/C15H22N2O5S/c18-10-14(19)8-17(13-6-7-23(21,22)11-13)9-15(20)16-12-4-2-1-3-5-12/h1-5,13-14,18-19H,6-11H2,(H,16,20). The van der Waals surface area contributed by atoms with Crippen molar-refractivity contribution in [1.29, 1.82) is 0 Å². The maximum absolute atomic E-state index is 12.2. The predicted molar refractivity (Wildman–Crippen MR) is 86.8 cm³/mol. The summed E-state index contributed by atoms with van der Waals surface area (Å²) in [6.45, 7) is -0.415. The van der Waals surface area contributed by atoms with E-state index in [1.165, 1.54) is 0 Å². The summed E-state index contributed by atoms with van der Waals surface area (Å²) in [6, 6.07) is 8.63. The van der Waals surface area contributed by atoms with Gasteiger partial charge in [-0.05, 0) is 18.6 Å². The molecule has 1 aliphatic rings. The number of nitrogens with one attached hydrogen (secondary N) is 1. The van der Waals surface area contributed by atoms with E-state index >= 15 is 0 Å². The second-order valence-corrected chi connectivity index (χ2v) is 7.97. The van der Waals surface area contributed by atoms with Gasteiger partial charge in [0.05, 0.1) is 30.8 Å². The molecule has 0 bridgehead atoms. The van der Waals surface area contributed by atoms with E-state index in [2.05, 4.69) is 5.32 Å². The van der Waals surface area contributed by atoms with E-state index in [0.29, 0.717) is 12.1 Å². The van der Waals surface area contributed by atoms with Crippen molar-refractivity contribution in [2.45, 2.75) is 18.6 Å². The van der Waals surface area contributed by atoms with Crippen LogP contribution in [0.1, 0.15) is 6.42 Å². The lowest BCUT2D eigenvalue weighted by Crippen LogP contribution is -2.46. The molecule has 7 nitrogen and oxygen atoms in total. The number of para-hydroxylation sites is 1. The number of rotatable bonds is 7. The Balaban J connectivity index is 2.00. The average molecular weight is 342 g/mol. The van der Waals surface area contributed by atoms with E-state index < -0.39 is 22.5 Å². The first-order chi connectivity index (χ1) is 10.9. The molecule has 1 aromatic rings. The van der Waals surface area contributed by atoms with E-state index in [9.17, 15) is 18.3 Å². The number of anilines is 1. The molecule has 1 aliphatic heterocycles. The van der Waals surface area contributed by atoms with Crippen LogP contribution < -0.4 is 5.32 Å². The molecule has 23 heavy (non-hydrogen) atoms. The highest BCUT2D eigenvalue weighted by Crippen LogP contribution is 2.18. The van der Waals surface area contributed by atoms with Gasteiger partial charge in [0, 0.05) is 18.3 Å². The van der Waals surface area contributed by atoms with Gasteiger partial charge in [-0.3, -0.25) is 9.69 Å². The Hall–Kier alpha value is -1.48. The van der Waals surface area contributed by atoms with Crippen molar-refractivity contribution >= 4 is 21.4 Å². The highest BCUT2D eigenvalue weighted by atomic mass is 32.2. The first kappa shape index (κ1) is 17.9. The highest BCUT2D eigenvalue weighted by Gasteiger charge is 2.33. The molecule has 3 N–H and O–H groups in total. The molecule has 0 radical (unpaired) electrons. The number of carbonyl (C=O) groups is 1. The predicted octanol–water partition coefficient (Wildman–Crippen LogP) is -0.533. The molecule has 128 valence electrons. The van der Waals surface area contributed by atoms with Crippen LogP contribution in [0, 0.1) is 0 Å². The summed E-state index contributed by atoms with van der Waals surface area (Å²) in [5.41, 5.74) is 0.652. The molecular weight excluding hydrogens is 320 g/mol. The van der Waals surface area contributed by atoms with Crippen molar-refractivity contribution in [3.05, 3.63) is 30.3 Å². The summed E-state index contributed by atoms with van der Waals surface area (Å²) in [7, 11) is -3.10. The van der Waals surface area contributed by atoms with Crippen LogP contribution >= 0.6 is 0 Å². The molecule has 1 fully saturated rings. The maximum Gasteiger partial charge on any atom is 0.238 e. The van der Waals surface area contributed by atoms with Crippen LogP contribution in [-0.4, -0.2) is 72.8 Å². The fraction of sp³-hybridized carbons (Fsp3) is 0.533. The summed E-state index contributed by atoms with van der Waals surface area (Å²) in [4.78, 5) is 13.8. The van der Waals surface area contributed by atoms with E-state index in [1.807, 2.05) is 6.07 Å². The number of aliphatic hydroxyl groups is 2. The van der Waals surface area contributed by atoms with Crippen molar-refractivity contribution in [2.75, 3.05) is 36.5 Å². The molecule has 1 saturated heterocycles. The zero-order valence-electron chi connectivity index (χ0n) is 12.8. The average Bonchev–Trinajstić information content (AvgIpc) is 2.87. The zero-order chi connectivity index (χ0) is 16.9. The summed E-state index contributed by atoms with van der Waals surface area (Å²) < 4.78 is 23.3. The Kier molecular flexibility index (Phi) is 6.11. The Labute approximate surface area is 135 Å². The summed E-state index contributed by atoms with van der Waals surface area (Å²) >= 11 is 0. The van der Waals surface area contributed by atoms with Gasteiger partial charge >= 0.3 is 0 Å². The first-order valence-corrected chi connectivity index (χ1v) is 9.30. The molecular formula is C15H22N2O5S. The quantitative estimate of drug-likeness (QED) is 0.615. The minimum Gasteiger partial charge on any atom is -0.394 e. The minimum atomic E-state index is -3.10. The number of nitrogens with zero attached hydrogens (tertiary/aromatic N) is 1. The molecule has 0 spiro atoms. The molecule has 0 aliphatic carbocycles. The van der Waals surface area contributed by atoms with Gasteiger partial charge in [0.2, 0.25) is 5.91 Å². The molecule has 1 amide bonds. The lowest BCUT2D eigenvalue weighted by Gasteiger charge is -2.28. The van der Waals surface area contributed by atoms with Crippen LogP contribution in [0.25, 0.3) is 0 Å². The van der Waals surface area contributed by atoms with Gasteiger partial charge in [0.15, 0.2) is 9.84 Å². The zero-order valence-corrected chi connectivity index (χ0v) is 13.6. The first-order valence-electron chi connectivity index (χ1n) is 7.48. The molecule has 1 heterocycles. The number of aliphatic hydroxyl groups excluding tert-OH is 2. The van der Waals surface area contributed by atoms with Gasteiger partial charge in [-0.25, -0.2) is 8.42 Å². The molecule has 8 heteroatoms. The third-order valence-corrected chi connectivity index (χ3v) is 5.54. The van der Waals surface area contributed by atoms with E-state index in [1.54, 1.807) is 29.2 Å². The number of carbonyl (C=O) groups excluding carboxylic acids is 1. The SMILES string of the molecule is O=C(CN(CC(O)CO)C1CCS(=O)(=O)C1)Nc1ccccc1. The number of hydrogen-bond acceptors (Lipinski definition) is 6. The summed E-state index contributed by atoms with van der Waals surface area (Å²) in [6.07, 6.45) is -0.582. The van der Waals surface area contributed by atoms with Crippen LogP contribution in [0.5, 0.6) is 0 Å². The van der Waals surface area contributed by atoms with Gasteiger partial charge in [0.25, 0.3) is 0 Å². The van der Waals surface area contributed by atoms with Gasteiger partial charge in [-0.15, -0.1) is 0 Å². The van der Waals surface area contributed by atoms with Crippen molar-refractivity contribution in [2.24, 2.45) is 0 Å². The second-order valence-electron chi connectivity index (χ2n) is 5.74. The fourth-order valence-electron chi connectivity index (χ4n) is 2.64.